The van der Waals surface area contributed by atoms with Gasteiger partial charge in [0.25, 0.3) is 0 Å². The van der Waals surface area contributed by atoms with E-state index < -0.39 is 5.97 Å². The van der Waals surface area contributed by atoms with Gasteiger partial charge in [0, 0.05) is 22.7 Å². The number of hydrogen-bond acceptors (Lipinski definition) is 2. The van der Waals surface area contributed by atoms with Crippen molar-refractivity contribution in [3.8, 4) is 11.1 Å². The van der Waals surface area contributed by atoms with Crippen LogP contribution in [0.25, 0.3) is 11.1 Å². The van der Waals surface area contributed by atoms with Crippen LogP contribution in [0, 0.1) is 5.82 Å². The molecule has 1 N–H and O–H groups in total. The monoisotopic (exact) mass is 383 g/mol. The molecule has 3 rings (SSSR count). The Labute approximate surface area is 162 Å². The van der Waals surface area contributed by atoms with Gasteiger partial charge in [-0.25, -0.2) is 9.18 Å². The van der Waals surface area contributed by atoms with Crippen LogP contribution in [0.2, 0.25) is 5.02 Å². The molecule has 2 aromatic carbocycles. The maximum atomic E-state index is 13.5. The lowest BCUT2D eigenvalue weighted by Gasteiger charge is -2.14. The number of benzene rings is 2. The number of carboxylic acids is 1. The van der Waals surface area contributed by atoms with Gasteiger partial charge in [0.05, 0.1) is 11.3 Å². The van der Waals surface area contributed by atoms with Crippen LogP contribution in [0.3, 0.4) is 0 Å². The maximum Gasteiger partial charge on any atom is 0.337 e. The van der Waals surface area contributed by atoms with E-state index in [0.717, 1.165) is 23.2 Å². The summed E-state index contributed by atoms with van der Waals surface area (Å²) in [4.78, 5) is 16.5. The minimum absolute atomic E-state index is 0.120. The topological polar surface area (TPSA) is 50.2 Å². The second-order valence-corrected chi connectivity index (χ2v) is 6.79. The third kappa shape index (κ3) is 4.52. The highest BCUT2D eigenvalue weighted by molar-refractivity contribution is 6.30. The number of nitrogens with zero attached hydrogens (tertiary/aromatic N) is 1. The highest BCUT2D eigenvalue weighted by atomic mass is 35.5. The molecule has 3 nitrogen and oxygen atoms in total. The Kier molecular flexibility index (Phi) is 5.87. The molecule has 0 spiro atoms. The normalized spacial score (nSPS) is 10.8. The molecule has 0 radical (unpaired) electrons. The molecule has 0 saturated heterocycles. The van der Waals surface area contributed by atoms with E-state index in [9.17, 15) is 14.3 Å². The van der Waals surface area contributed by atoms with Crippen molar-refractivity contribution >= 4 is 17.6 Å². The number of aromatic nitrogens is 1. The number of rotatable bonds is 6. The Bertz CT molecular complexity index is 988. The minimum Gasteiger partial charge on any atom is -0.478 e. The molecule has 0 fully saturated rings. The Morgan fingerprint density at radius 2 is 1.89 bits per heavy atom. The molecule has 0 aliphatic carbocycles. The van der Waals surface area contributed by atoms with E-state index in [1.54, 1.807) is 30.3 Å². The zero-order valence-electron chi connectivity index (χ0n) is 14.9. The van der Waals surface area contributed by atoms with Crippen LogP contribution in [0.5, 0.6) is 0 Å². The van der Waals surface area contributed by atoms with Gasteiger partial charge in [0.15, 0.2) is 0 Å². The van der Waals surface area contributed by atoms with Gasteiger partial charge in [0.2, 0.25) is 0 Å². The summed E-state index contributed by atoms with van der Waals surface area (Å²) in [5, 5.41) is 10.3. The van der Waals surface area contributed by atoms with Crippen LogP contribution in [0.4, 0.5) is 4.39 Å². The molecule has 27 heavy (non-hydrogen) atoms. The van der Waals surface area contributed by atoms with Crippen LogP contribution in [-0.4, -0.2) is 16.1 Å². The molecular weight excluding hydrogens is 365 g/mol. The van der Waals surface area contributed by atoms with Crippen LogP contribution < -0.4 is 0 Å². The summed E-state index contributed by atoms with van der Waals surface area (Å²) in [5.74, 6) is -1.41. The first kappa shape index (κ1) is 19.1. The first-order valence-electron chi connectivity index (χ1n) is 8.74. The van der Waals surface area contributed by atoms with Crippen molar-refractivity contribution in [1.82, 2.24) is 4.98 Å². The SMILES string of the molecule is CCCc1nc(Cc2cccc(F)c2)c(C(=O)O)cc1-c1cccc(Cl)c1. The molecule has 1 heterocycles. The first-order chi connectivity index (χ1) is 13.0. The minimum atomic E-state index is -1.06. The zero-order chi connectivity index (χ0) is 19.4. The van der Waals surface area contributed by atoms with Crippen LogP contribution >= 0.6 is 11.6 Å². The molecule has 0 unspecified atom stereocenters. The second kappa shape index (κ2) is 8.31. The van der Waals surface area contributed by atoms with Crippen molar-refractivity contribution in [2.45, 2.75) is 26.2 Å². The van der Waals surface area contributed by atoms with E-state index in [1.165, 1.54) is 12.1 Å². The number of hydrogen-bond donors (Lipinski definition) is 1. The Balaban J connectivity index is 2.13. The molecule has 3 aromatic rings. The molecule has 0 aliphatic heterocycles. The smallest absolute Gasteiger partial charge is 0.337 e. The fourth-order valence-corrected chi connectivity index (χ4v) is 3.28. The van der Waals surface area contributed by atoms with Crippen molar-refractivity contribution in [1.29, 1.82) is 0 Å². The van der Waals surface area contributed by atoms with E-state index in [-0.39, 0.29) is 17.8 Å². The predicted octanol–water partition coefficient (Wildman–Crippen LogP) is 5.78. The number of halogens is 2. The fourth-order valence-electron chi connectivity index (χ4n) is 3.09. The van der Waals surface area contributed by atoms with Crippen molar-refractivity contribution < 1.29 is 14.3 Å². The molecule has 0 aliphatic rings. The van der Waals surface area contributed by atoms with Crippen LogP contribution in [0.1, 0.15) is 40.7 Å². The largest absolute Gasteiger partial charge is 0.478 e. The molecule has 5 heteroatoms. The summed E-state index contributed by atoms with van der Waals surface area (Å²) in [5.41, 5.74) is 3.65. The molecule has 138 valence electrons. The second-order valence-electron chi connectivity index (χ2n) is 6.35. The van der Waals surface area contributed by atoms with Gasteiger partial charge in [-0.1, -0.05) is 49.2 Å². The Hall–Kier alpha value is -2.72. The number of carboxylic acid groups (broad SMARTS) is 1. The van der Waals surface area contributed by atoms with Gasteiger partial charge < -0.3 is 5.11 Å². The van der Waals surface area contributed by atoms with Gasteiger partial charge in [-0.05, 0) is 47.9 Å². The molecule has 0 atom stereocenters. The Morgan fingerprint density at radius 1 is 1.11 bits per heavy atom. The lowest BCUT2D eigenvalue weighted by atomic mass is 9.96. The van der Waals surface area contributed by atoms with E-state index in [4.69, 9.17) is 11.6 Å². The van der Waals surface area contributed by atoms with Crippen molar-refractivity contribution in [3.63, 3.8) is 0 Å². The number of pyridine rings is 1. The van der Waals surface area contributed by atoms with Gasteiger partial charge in [0.1, 0.15) is 5.82 Å². The zero-order valence-corrected chi connectivity index (χ0v) is 15.6. The quantitative estimate of drug-likeness (QED) is 0.586. The summed E-state index contributed by atoms with van der Waals surface area (Å²) in [6.07, 6.45) is 1.83. The maximum absolute atomic E-state index is 13.5. The third-order valence-electron chi connectivity index (χ3n) is 4.29. The lowest BCUT2D eigenvalue weighted by Crippen LogP contribution is -2.09. The first-order valence-corrected chi connectivity index (χ1v) is 9.12. The van der Waals surface area contributed by atoms with Crippen LogP contribution in [0.15, 0.2) is 54.6 Å². The Morgan fingerprint density at radius 3 is 2.56 bits per heavy atom. The van der Waals surface area contributed by atoms with E-state index >= 15 is 0 Å². The fraction of sp³-hybridized carbons (Fsp3) is 0.182. The number of aryl methyl sites for hydroxylation is 1. The van der Waals surface area contributed by atoms with Gasteiger partial charge >= 0.3 is 5.97 Å². The van der Waals surface area contributed by atoms with E-state index in [2.05, 4.69) is 4.98 Å². The van der Waals surface area contributed by atoms with Crippen molar-refractivity contribution in [2.75, 3.05) is 0 Å². The standard InChI is InChI=1S/C22H19ClFNO2/c1-2-5-20-18(15-7-4-8-16(23)12-15)13-19(22(26)27)21(25-20)11-14-6-3-9-17(24)10-14/h3-4,6-10,12-13H,2,5,11H2,1H3,(H,26,27). The highest BCUT2D eigenvalue weighted by Gasteiger charge is 2.18. The highest BCUT2D eigenvalue weighted by Crippen LogP contribution is 2.29. The molecule has 0 amide bonds. The summed E-state index contributed by atoms with van der Waals surface area (Å²) in [6, 6.07) is 15.1. The van der Waals surface area contributed by atoms with E-state index in [1.807, 2.05) is 19.1 Å². The predicted molar refractivity (Wildman–Crippen MR) is 105 cm³/mol. The molecule has 0 saturated carbocycles. The molecule has 1 aromatic heterocycles. The van der Waals surface area contributed by atoms with Gasteiger partial charge in [-0.2, -0.15) is 0 Å². The number of aromatic carboxylic acids is 1. The third-order valence-corrected chi connectivity index (χ3v) is 4.53. The molecule has 0 bridgehead atoms. The average Bonchev–Trinajstić information content (AvgIpc) is 2.62. The van der Waals surface area contributed by atoms with Crippen molar-refractivity contribution in [3.05, 3.63) is 88.0 Å². The lowest BCUT2D eigenvalue weighted by molar-refractivity contribution is 0.0695. The summed E-state index contributed by atoms with van der Waals surface area (Å²) in [6.45, 7) is 2.04. The van der Waals surface area contributed by atoms with Crippen LogP contribution in [-0.2, 0) is 12.8 Å². The average molecular weight is 384 g/mol. The van der Waals surface area contributed by atoms with E-state index in [0.29, 0.717) is 22.7 Å². The summed E-state index contributed by atoms with van der Waals surface area (Å²) in [7, 11) is 0. The van der Waals surface area contributed by atoms with Gasteiger partial charge in [-0.15, -0.1) is 0 Å². The summed E-state index contributed by atoms with van der Waals surface area (Å²) >= 11 is 6.11. The molecular formula is C22H19ClFNO2. The number of carbonyl (C=O) groups is 1. The summed E-state index contributed by atoms with van der Waals surface area (Å²) < 4.78 is 13.5. The van der Waals surface area contributed by atoms with Crippen molar-refractivity contribution in [2.24, 2.45) is 0 Å². The van der Waals surface area contributed by atoms with Gasteiger partial charge in [-0.3, -0.25) is 4.98 Å².